The number of carbonyl (C=O) groups excluding carboxylic acids is 1. The number of hydrogen-bond acceptors (Lipinski definition) is 4. The van der Waals surface area contributed by atoms with Gasteiger partial charge >= 0.3 is 0 Å². The van der Waals surface area contributed by atoms with E-state index < -0.39 is 15.4 Å². The van der Waals surface area contributed by atoms with Gasteiger partial charge in [-0.3, -0.25) is 4.79 Å². The monoisotopic (exact) mass is 299 g/mol. The third kappa shape index (κ3) is 3.80. The van der Waals surface area contributed by atoms with Crippen LogP contribution in [0.15, 0.2) is 29.2 Å². The summed E-state index contributed by atoms with van der Waals surface area (Å²) in [6, 6.07) is 5.88. The largest absolute Gasteiger partial charge is 0.394 e. The summed E-state index contributed by atoms with van der Waals surface area (Å²) in [7, 11) is -3.35. The Morgan fingerprint density at radius 1 is 1.30 bits per heavy atom. The van der Waals surface area contributed by atoms with E-state index in [1.807, 2.05) is 13.8 Å². The molecule has 1 aromatic carbocycles. The molecule has 0 aliphatic rings. The van der Waals surface area contributed by atoms with Crippen molar-refractivity contribution >= 4 is 15.7 Å². The van der Waals surface area contributed by atoms with Gasteiger partial charge in [0.2, 0.25) is 0 Å². The van der Waals surface area contributed by atoms with E-state index in [9.17, 15) is 18.3 Å². The number of hydrogen-bond donors (Lipinski definition) is 2. The summed E-state index contributed by atoms with van der Waals surface area (Å²) in [6.45, 7) is 3.61. The minimum atomic E-state index is -3.35. The van der Waals surface area contributed by atoms with Crippen LogP contribution in [0.3, 0.4) is 0 Å². The number of carbonyl (C=O) groups is 1. The smallest absolute Gasteiger partial charge is 0.251 e. The first-order valence-corrected chi connectivity index (χ1v) is 8.40. The van der Waals surface area contributed by atoms with Crippen LogP contribution < -0.4 is 5.32 Å². The Hall–Kier alpha value is -1.40. The first kappa shape index (κ1) is 16.7. The van der Waals surface area contributed by atoms with Crippen LogP contribution in [0.25, 0.3) is 0 Å². The fourth-order valence-corrected chi connectivity index (χ4v) is 2.54. The number of benzene rings is 1. The topological polar surface area (TPSA) is 83.5 Å². The number of aliphatic hydroxyl groups excluding tert-OH is 1. The van der Waals surface area contributed by atoms with Crippen molar-refractivity contribution < 1.29 is 18.3 Å². The van der Waals surface area contributed by atoms with Gasteiger partial charge in [-0.1, -0.05) is 19.9 Å². The number of nitrogens with one attached hydrogen (secondary N) is 1. The summed E-state index contributed by atoms with van der Waals surface area (Å²) in [5.74, 6) is -0.381. The van der Waals surface area contributed by atoms with Gasteiger partial charge in [-0.05, 0) is 31.0 Å². The predicted octanol–water partition coefficient (Wildman–Crippen LogP) is 1.37. The second-order valence-corrected chi connectivity index (χ2v) is 6.92. The minimum absolute atomic E-state index is 0.104. The molecule has 112 valence electrons. The lowest BCUT2D eigenvalue weighted by atomic mass is 9.93. The first-order chi connectivity index (χ1) is 9.28. The summed E-state index contributed by atoms with van der Waals surface area (Å²) >= 11 is 0. The van der Waals surface area contributed by atoms with Gasteiger partial charge in [-0.2, -0.15) is 0 Å². The van der Waals surface area contributed by atoms with Crippen molar-refractivity contribution in [3.63, 3.8) is 0 Å². The van der Waals surface area contributed by atoms with Crippen LogP contribution >= 0.6 is 0 Å². The van der Waals surface area contributed by atoms with E-state index in [1.165, 1.54) is 18.2 Å². The van der Waals surface area contributed by atoms with Crippen molar-refractivity contribution in [2.75, 3.05) is 12.9 Å². The minimum Gasteiger partial charge on any atom is -0.394 e. The molecule has 0 aromatic heterocycles. The standard InChI is InChI=1S/C14H21NO4S/c1-4-14(5-2,10-16)15-13(17)11-7-6-8-12(9-11)20(3,18)19/h6-9,16H,4-5,10H2,1-3H3,(H,15,17). The summed E-state index contributed by atoms with van der Waals surface area (Å²) in [6.07, 6.45) is 2.29. The molecular weight excluding hydrogens is 278 g/mol. The number of aliphatic hydroxyl groups is 1. The van der Waals surface area contributed by atoms with Gasteiger partial charge in [0, 0.05) is 11.8 Å². The highest BCUT2D eigenvalue weighted by atomic mass is 32.2. The molecule has 1 amide bonds. The maximum atomic E-state index is 12.2. The van der Waals surface area contributed by atoms with E-state index >= 15 is 0 Å². The number of sulfone groups is 1. The lowest BCUT2D eigenvalue weighted by Crippen LogP contribution is -2.50. The van der Waals surface area contributed by atoms with E-state index in [0.717, 1.165) is 6.26 Å². The molecule has 0 aliphatic carbocycles. The Labute approximate surface area is 119 Å². The van der Waals surface area contributed by atoms with Crippen LogP contribution in [0.4, 0.5) is 0 Å². The molecular formula is C14H21NO4S. The SMILES string of the molecule is CCC(CC)(CO)NC(=O)c1cccc(S(C)(=O)=O)c1. The number of amides is 1. The molecule has 0 unspecified atom stereocenters. The summed E-state index contributed by atoms with van der Waals surface area (Å²) in [5, 5.41) is 12.2. The quantitative estimate of drug-likeness (QED) is 0.831. The van der Waals surface area contributed by atoms with Gasteiger partial charge < -0.3 is 10.4 Å². The third-order valence-corrected chi connectivity index (χ3v) is 4.67. The van der Waals surface area contributed by atoms with Gasteiger partial charge in [0.15, 0.2) is 9.84 Å². The van der Waals surface area contributed by atoms with E-state index in [2.05, 4.69) is 5.32 Å². The van der Waals surface area contributed by atoms with Crippen LogP contribution in [0.1, 0.15) is 37.0 Å². The molecule has 0 radical (unpaired) electrons. The molecule has 0 spiro atoms. The van der Waals surface area contributed by atoms with Gasteiger partial charge in [-0.25, -0.2) is 8.42 Å². The van der Waals surface area contributed by atoms with E-state index in [4.69, 9.17) is 0 Å². The zero-order valence-corrected chi connectivity index (χ0v) is 12.8. The van der Waals surface area contributed by atoms with Crippen molar-refractivity contribution in [1.29, 1.82) is 0 Å². The van der Waals surface area contributed by atoms with Crippen LogP contribution in [0.5, 0.6) is 0 Å². The van der Waals surface area contributed by atoms with Crippen LogP contribution in [0, 0.1) is 0 Å². The van der Waals surface area contributed by atoms with E-state index in [1.54, 1.807) is 6.07 Å². The summed E-state index contributed by atoms with van der Waals surface area (Å²) in [4.78, 5) is 12.3. The molecule has 6 heteroatoms. The zero-order chi connectivity index (χ0) is 15.4. The Balaban J connectivity index is 3.05. The average molecular weight is 299 g/mol. The Bertz CT molecular complexity index is 568. The highest BCUT2D eigenvalue weighted by molar-refractivity contribution is 7.90. The molecule has 2 N–H and O–H groups in total. The molecule has 0 saturated heterocycles. The molecule has 1 aromatic rings. The average Bonchev–Trinajstić information content (AvgIpc) is 2.44. The fraction of sp³-hybridized carbons (Fsp3) is 0.500. The lowest BCUT2D eigenvalue weighted by molar-refractivity contribution is 0.0817. The maximum absolute atomic E-state index is 12.2. The highest BCUT2D eigenvalue weighted by Crippen LogP contribution is 2.17. The van der Waals surface area contributed by atoms with Crippen molar-refractivity contribution in [2.45, 2.75) is 37.1 Å². The van der Waals surface area contributed by atoms with Crippen molar-refractivity contribution in [3.8, 4) is 0 Å². The highest BCUT2D eigenvalue weighted by Gasteiger charge is 2.27. The van der Waals surface area contributed by atoms with E-state index in [-0.39, 0.29) is 23.0 Å². The van der Waals surface area contributed by atoms with Crippen molar-refractivity contribution in [2.24, 2.45) is 0 Å². The van der Waals surface area contributed by atoms with Crippen LogP contribution in [-0.2, 0) is 9.84 Å². The van der Waals surface area contributed by atoms with E-state index in [0.29, 0.717) is 12.8 Å². The molecule has 0 saturated carbocycles. The fourth-order valence-electron chi connectivity index (χ4n) is 1.87. The van der Waals surface area contributed by atoms with Gasteiger partial charge in [-0.15, -0.1) is 0 Å². The normalized spacial score (nSPS) is 12.2. The molecule has 0 aliphatic heterocycles. The third-order valence-electron chi connectivity index (χ3n) is 3.56. The lowest BCUT2D eigenvalue weighted by Gasteiger charge is -2.30. The van der Waals surface area contributed by atoms with Crippen molar-refractivity contribution in [3.05, 3.63) is 29.8 Å². The van der Waals surface area contributed by atoms with Crippen LogP contribution in [-0.4, -0.2) is 37.8 Å². The van der Waals surface area contributed by atoms with Crippen LogP contribution in [0.2, 0.25) is 0 Å². The maximum Gasteiger partial charge on any atom is 0.251 e. The first-order valence-electron chi connectivity index (χ1n) is 6.51. The number of rotatable bonds is 6. The molecule has 1 rings (SSSR count). The van der Waals surface area contributed by atoms with Crippen molar-refractivity contribution in [1.82, 2.24) is 5.32 Å². The van der Waals surface area contributed by atoms with Gasteiger partial charge in [0.25, 0.3) is 5.91 Å². The predicted molar refractivity (Wildman–Crippen MR) is 77.4 cm³/mol. The molecule has 0 bridgehead atoms. The molecule has 0 heterocycles. The summed E-state index contributed by atoms with van der Waals surface area (Å²) < 4.78 is 23.0. The molecule has 0 fully saturated rings. The van der Waals surface area contributed by atoms with Gasteiger partial charge in [0.05, 0.1) is 17.0 Å². The zero-order valence-electron chi connectivity index (χ0n) is 12.0. The Morgan fingerprint density at radius 3 is 2.35 bits per heavy atom. The van der Waals surface area contributed by atoms with Gasteiger partial charge in [0.1, 0.15) is 0 Å². The Kier molecular flexibility index (Phi) is 5.30. The molecule has 20 heavy (non-hydrogen) atoms. The molecule has 5 nitrogen and oxygen atoms in total. The second kappa shape index (κ2) is 6.37. The Morgan fingerprint density at radius 2 is 1.90 bits per heavy atom. The molecule has 0 atom stereocenters. The summed E-state index contributed by atoms with van der Waals surface area (Å²) in [5.41, 5.74) is -0.398. The second-order valence-electron chi connectivity index (χ2n) is 4.90.